The number of phenolic OH excluding ortho intramolecular Hbond substituents is 1. The van der Waals surface area contributed by atoms with Gasteiger partial charge in [-0.1, -0.05) is 43.9 Å². The Balaban J connectivity index is 1.94. The highest BCUT2D eigenvalue weighted by molar-refractivity contribution is 5.31. The molecule has 1 aromatic rings. The number of rotatable bonds is 10. The second-order valence-electron chi connectivity index (χ2n) is 4.91. The molecule has 0 fully saturated rings. The molecule has 0 spiro atoms. The fraction of sp³-hybridized carbons (Fsp3) is 0.600. The minimum atomic E-state index is -0.244. The fourth-order valence-electron chi connectivity index (χ4n) is 2.16. The Morgan fingerprint density at radius 1 is 0.947 bits per heavy atom. The van der Waals surface area contributed by atoms with Gasteiger partial charge in [0, 0.05) is 11.3 Å². The minimum Gasteiger partial charge on any atom is -0.508 e. The first-order valence-corrected chi connectivity index (χ1v) is 7.09. The Labute approximate surface area is 114 Å². The van der Waals surface area contributed by atoms with Crippen molar-refractivity contribution in [3.8, 4) is 5.75 Å². The lowest BCUT2D eigenvalue weighted by Crippen LogP contribution is -1.99. The first kappa shape index (κ1) is 15.5. The Morgan fingerprint density at radius 2 is 1.53 bits per heavy atom. The number of aromatic hydroxyl groups is 1. The largest absolute Gasteiger partial charge is 0.508 e. The van der Waals surface area contributed by atoms with Gasteiger partial charge < -0.3 is 5.11 Å². The Bertz CT molecular complexity index is 379. The number of phenols is 1. The molecule has 0 unspecified atom stereocenters. The number of nitro groups is 1. The maximum absolute atomic E-state index is 10.1. The van der Waals surface area contributed by atoms with Crippen molar-refractivity contribution in [3.63, 3.8) is 0 Å². The highest BCUT2D eigenvalue weighted by Gasteiger charge is 2.00. The van der Waals surface area contributed by atoms with E-state index in [4.69, 9.17) is 0 Å². The average Bonchev–Trinajstić information content (AvgIpc) is 2.38. The summed E-state index contributed by atoms with van der Waals surface area (Å²) in [6.45, 7) is 0.104. The summed E-state index contributed by atoms with van der Waals surface area (Å²) in [5.41, 5.74) is 1.02. The van der Waals surface area contributed by atoms with Crippen LogP contribution >= 0.6 is 0 Å². The number of para-hydroxylation sites is 1. The third kappa shape index (κ3) is 7.44. The third-order valence-electron chi connectivity index (χ3n) is 3.28. The molecule has 0 heterocycles. The first-order valence-electron chi connectivity index (χ1n) is 7.09. The van der Waals surface area contributed by atoms with Crippen LogP contribution in [0.5, 0.6) is 5.75 Å². The summed E-state index contributed by atoms with van der Waals surface area (Å²) in [4.78, 5) is 9.88. The normalized spacial score (nSPS) is 10.5. The summed E-state index contributed by atoms with van der Waals surface area (Å²) in [6.07, 6.45) is 8.24. The van der Waals surface area contributed by atoms with Crippen molar-refractivity contribution < 1.29 is 10.0 Å². The van der Waals surface area contributed by atoms with Crippen molar-refractivity contribution in [1.29, 1.82) is 0 Å². The molecule has 4 heteroatoms. The molecule has 0 aliphatic rings. The smallest absolute Gasteiger partial charge is 0.203 e. The van der Waals surface area contributed by atoms with Crippen molar-refractivity contribution in [2.75, 3.05) is 6.54 Å². The molecule has 1 rings (SSSR count). The van der Waals surface area contributed by atoms with Gasteiger partial charge in [-0.3, -0.25) is 10.1 Å². The van der Waals surface area contributed by atoms with Crippen LogP contribution in [0.1, 0.15) is 50.5 Å². The molecule has 106 valence electrons. The van der Waals surface area contributed by atoms with Gasteiger partial charge in [-0.05, 0) is 30.9 Å². The van der Waals surface area contributed by atoms with Crippen LogP contribution in [-0.4, -0.2) is 16.6 Å². The van der Waals surface area contributed by atoms with E-state index in [9.17, 15) is 15.2 Å². The van der Waals surface area contributed by atoms with E-state index in [-0.39, 0.29) is 11.5 Å². The van der Waals surface area contributed by atoms with Gasteiger partial charge in [0.15, 0.2) is 0 Å². The van der Waals surface area contributed by atoms with Gasteiger partial charge in [-0.25, -0.2) is 0 Å². The molecule has 4 nitrogen and oxygen atoms in total. The Kier molecular flexibility index (Phi) is 7.63. The van der Waals surface area contributed by atoms with Crippen LogP contribution in [0, 0.1) is 10.1 Å². The minimum absolute atomic E-state index is 0.104. The Hall–Kier alpha value is -1.58. The quantitative estimate of drug-likeness (QED) is 0.396. The summed E-state index contributed by atoms with van der Waals surface area (Å²) in [6, 6.07) is 7.48. The molecule has 0 bridgehead atoms. The monoisotopic (exact) mass is 265 g/mol. The zero-order chi connectivity index (χ0) is 13.9. The number of unbranched alkanes of at least 4 members (excludes halogenated alkanes) is 6. The van der Waals surface area contributed by atoms with E-state index < -0.39 is 0 Å². The highest BCUT2D eigenvalue weighted by atomic mass is 16.6. The van der Waals surface area contributed by atoms with Gasteiger partial charge in [0.2, 0.25) is 6.54 Å². The second-order valence-corrected chi connectivity index (χ2v) is 4.91. The van der Waals surface area contributed by atoms with Crippen molar-refractivity contribution in [1.82, 2.24) is 0 Å². The standard InChI is InChI=1S/C15H23NO3/c17-15-12-8-7-11-14(15)10-6-4-2-1-3-5-9-13-16(18)19/h7-8,11-12,17H,1-6,9-10,13H2. The molecule has 1 aromatic carbocycles. The van der Waals surface area contributed by atoms with E-state index in [0.29, 0.717) is 12.2 Å². The zero-order valence-electron chi connectivity index (χ0n) is 11.4. The van der Waals surface area contributed by atoms with E-state index in [0.717, 1.165) is 44.1 Å². The molecular formula is C15H23NO3. The fourth-order valence-corrected chi connectivity index (χ4v) is 2.16. The molecule has 1 N–H and O–H groups in total. The lowest BCUT2D eigenvalue weighted by molar-refractivity contribution is -0.480. The summed E-state index contributed by atoms with van der Waals surface area (Å²) < 4.78 is 0. The lowest BCUT2D eigenvalue weighted by atomic mass is 10.0. The molecule has 19 heavy (non-hydrogen) atoms. The predicted octanol–water partition coefficient (Wildman–Crippen LogP) is 3.94. The molecule has 0 saturated carbocycles. The van der Waals surface area contributed by atoms with Gasteiger partial charge in [0.1, 0.15) is 5.75 Å². The molecule has 0 aliphatic heterocycles. The molecule has 0 radical (unpaired) electrons. The Morgan fingerprint density at radius 3 is 2.16 bits per heavy atom. The maximum Gasteiger partial charge on any atom is 0.203 e. The van der Waals surface area contributed by atoms with Crippen LogP contribution in [-0.2, 0) is 6.42 Å². The first-order chi connectivity index (χ1) is 9.20. The van der Waals surface area contributed by atoms with Gasteiger partial charge in [-0.2, -0.15) is 0 Å². The number of benzene rings is 1. The van der Waals surface area contributed by atoms with E-state index >= 15 is 0 Å². The van der Waals surface area contributed by atoms with Gasteiger partial charge in [-0.15, -0.1) is 0 Å². The van der Waals surface area contributed by atoms with E-state index in [1.807, 2.05) is 18.2 Å². The third-order valence-corrected chi connectivity index (χ3v) is 3.28. The zero-order valence-corrected chi connectivity index (χ0v) is 11.4. The van der Waals surface area contributed by atoms with Gasteiger partial charge in [0.25, 0.3) is 0 Å². The molecule has 0 saturated heterocycles. The molecule has 0 aliphatic carbocycles. The van der Waals surface area contributed by atoms with E-state index in [2.05, 4.69) is 0 Å². The van der Waals surface area contributed by atoms with E-state index in [1.54, 1.807) is 6.07 Å². The van der Waals surface area contributed by atoms with Crippen LogP contribution in [0.3, 0.4) is 0 Å². The number of nitrogens with zero attached hydrogens (tertiary/aromatic N) is 1. The van der Waals surface area contributed by atoms with Crippen molar-refractivity contribution >= 4 is 0 Å². The van der Waals surface area contributed by atoms with E-state index in [1.165, 1.54) is 6.42 Å². The maximum atomic E-state index is 10.1. The molecular weight excluding hydrogens is 242 g/mol. The van der Waals surface area contributed by atoms with Crippen LogP contribution in [0.15, 0.2) is 24.3 Å². The summed E-state index contributed by atoms with van der Waals surface area (Å²) >= 11 is 0. The number of aryl methyl sites for hydroxylation is 1. The molecule has 0 amide bonds. The SMILES string of the molecule is O=[N+]([O-])CCCCCCCCCc1ccccc1O. The summed E-state index contributed by atoms with van der Waals surface area (Å²) in [7, 11) is 0. The lowest BCUT2D eigenvalue weighted by Gasteiger charge is -2.04. The molecule has 0 atom stereocenters. The van der Waals surface area contributed by atoms with Gasteiger partial charge in [0.05, 0.1) is 0 Å². The summed E-state index contributed by atoms with van der Waals surface area (Å²) in [5, 5.41) is 19.7. The predicted molar refractivity (Wildman–Crippen MR) is 76.0 cm³/mol. The molecule has 0 aromatic heterocycles. The van der Waals surface area contributed by atoms with Crippen LogP contribution in [0.4, 0.5) is 0 Å². The average molecular weight is 265 g/mol. The van der Waals surface area contributed by atoms with Crippen LogP contribution in [0.25, 0.3) is 0 Å². The second kappa shape index (κ2) is 9.36. The van der Waals surface area contributed by atoms with Crippen molar-refractivity contribution in [3.05, 3.63) is 39.9 Å². The van der Waals surface area contributed by atoms with Crippen LogP contribution < -0.4 is 0 Å². The van der Waals surface area contributed by atoms with Crippen molar-refractivity contribution in [2.24, 2.45) is 0 Å². The number of hydrogen-bond acceptors (Lipinski definition) is 3. The number of hydrogen-bond donors (Lipinski definition) is 1. The topological polar surface area (TPSA) is 63.4 Å². The van der Waals surface area contributed by atoms with Gasteiger partial charge >= 0.3 is 0 Å². The highest BCUT2D eigenvalue weighted by Crippen LogP contribution is 2.18. The van der Waals surface area contributed by atoms with Crippen LogP contribution in [0.2, 0.25) is 0 Å². The summed E-state index contributed by atoms with van der Waals surface area (Å²) in [5.74, 6) is 0.391. The van der Waals surface area contributed by atoms with Crippen molar-refractivity contribution in [2.45, 2.75) is 51.4 Å².